The number of rotatable bonds is 4. The Kier molecular flexibility index (Phi) is 6.12. The van der Waals surface area contributed by atoms with Crippen LogP contribution in [0.4, 0.5) is 11.4 Å². The Hall–Kier alpha value is -5.33. The van der Waals surface area contributed by atoms with Gasteiger partial charge < -0.3 is 9.64 Å². The molecule has 5 aromatic carbocycles. The van der Waals surface area contributed by atoms with Gasteiger partial charge in [0.05, 0.1) is 24.0 Å². The summed E-state index contributed by atoms with van der Waals surface area (Å²) in [5.41, 5.74) is 1.70. The second-order valence-corrected chi connectivity index (χ2v) is 11.9. The lowest BCUT2D eigenvalue weighted by molar-refractivity contribution is -0.154. The van der Waals surface area contributed by atoms with Crippen LogP contribution in [0.25, 0.3) is 0 Å². The molecule has 3 amide bonds. The summed E-state index contributed by atoms with van der Waals surface area (Å²) in [4.78, 5) is 47.3. The van der Waals surface area contributed by atoms with E-state index in [1.54, 1.807) is 11.0 Å². The predicted octanol–water partition coefficient (Wildman–Crippen LogP) is 6.82. The molecule has 2 spiro atoms. The summed E-state index contributed by atoms with van der Waals surface area (Å²) in [5, 5.41) is 0. The monoisotopic (exact) mass is 590 g/mol. The van der Waals surface area contributed by atoms with Crippen molar-refractivity contribution < 1.29 is 19.1 Å². The van der Waals surface area contributed by atoms with Crippen LogP contribution in [-0.2, 0) is 36.7 Å². The minimum atomic E-state index is -1.77. The van der Waals surface area contributed by atoms with Gasteiger partial charge in [0, 0.05) is 18.4 Å². The van der Waals surface area contributed by atoms with E-state index in [0.29, 0.717) is 29.0 Å². The van der Waals surface area contributed by atoms with Crippen LogP contribution >= 0.6 is 0 Å². The van der Waals surface area contributed by atoms with E-state index < -0.39 is 34.9 Å². The van der Waals surface area contributed by atoms with E-state index >= 15 is 9.59 Å². The number of fused-ring (bicyclic) bond motifs is 5. The second-order valence-electron chi connectivity index (χ2n) is 11.9. The molecular formula is C39H30N2O4. The highest BCUT2D eigenvalue weighted by Crippen LogP contribution is 2.72. The normalized spacial score (nSPS) is 24.8. The number of carbonyl (C=O) groups is 3. The van der Waals surface area contributed by atoms with Crippen LogP contribution in [0.2, 0.25) is 0 Å². The lowest BCUT2D eigenvalue weighted by Crippen LogP contribution is -2.59. The van der Waals surface area contributed by atoms with Crippen molar-refractivity contribution >= 4 is 29.1 Å². The van der Waals surface area contributed by atoms with Gasteiger partial charge in [-0.2, -0.15) is 0 Å². The first-order valence-corrected chi connectivity index (χ1v) is 15.2. The van der Waals surface area contributed by atoms with Gasteiger partial charge in [-0.1, -0.05) is 127 Å². The standard InChI is InChI=1S/C39H30N2O4/c1-26(42)41-33-24-14-11-21-30(33)38(36(41)43)34(28-17-7-3-8-18-28)35(29-19-9-4-10-20-29)45-39(38)31-22-12-13-23-32(31)40(37(39)44)25-27-15-5-2-6-16-27/h2-24,34-35H,25H2,1H3/t34-,35-,38-,39-/m0/s1. The van der Waals surface area contributed by atoms with Crippen LogP contribution in [0.3, 0.4) is 0 Å². The zero-order valence-corrected chi connectivity index (χ0v) is 24.7. The Labute approximate surface area is 261 Å². The summed E-state index contributed by atoms with van der Waals surface area (Å²) in [6.45, 7) is 1.70. The molecule has 3 heterocycles. The summed E-state index contributed by atoms with van der Waals surface area (Å²) >= 11 is 0. The maximum atomic E-state index is 15.5. The molecule has 6 nitrogen and oxygen atoms in total. The quantitative estimate of drug-likeness (QED) is 0.231. The lowest BCUT2D eigenvalue weighted by atomic mass is 9.57. The van der Waals surface area contributed by atoms with Gasteiger partial charge in [0.1, 0.15) is 5.41 Å². The lowest BCUT2D eigenvalue weighted by Gasteiger charge is -2.40. The fourth-order valence-corrected chi connectivity index (χ4v) is 7.98. The fourth-order valence-electron chi connectivity index (χ4n) is 7.98. The van der Waals surface area contributed by atoms with Crippen LogP contribution in [0, 0.1) is 0 Å². The summed E-state index contributed by atoms with van der Waals surface area (Å²) in [5.74, 6) is -1.82. The number of ether oxygens (including phenoxy) is 1. The third-order valence-corrected chi connectivity index (χ3v) is 9.64. The molecule has 0 radical (unpaired) electrons. The molecule has 1 saturated heterocycles. The Morgan fingerprint density at radius 3 is 1.82 bits per heavy atom. The fraction of sp³-hybridized carbons (Fsp3) is 0.154. The number of nitrogens with zero attached hydrogens (tertiary/aromatic N) is 2. The van der Waals surface area contributed by atoms with Gasteiger partial charge in [0.25, 0.3) is 5.91 Å². The van der Waals surface area contributed by atoms with Gasteiger partial charge in [-0.05, 0) is 34.4 Å². The largest absolute Gasteiger partial charge is 0.350 e. The smallest absolute Gasteiger partial charge is 0.265 e. The first kappa shape index (κ1) is 27.2. The Morgan fingerprint density at radius 1 is 0.644 bits per heavy atom. The average Bonchev–Trinajstić information content (AvgIpc) is 3.64. The summed E-state index contributed by atoms with van der Waals surface area (Å²) < 4.78 is 7.31. The molecule has 3 aliphatic heterocycles. The SMILES string of the molecule is CC(=O)N1C(=O)[C@]2(c3ccccc31)[C@@H](c1ccccc1)[C@H](c1ccccc1)O[C@@]21C(=O)N(Cc2ccccc2)c2ccccc21. The van der Waals surface area contributed by atoms with E-state index in [4.69, 9.17) is 4.74 Å². The molecular weight excluding hydrogens is 560 g/mol. The van der Waals surface area contributed by atoms with E-state index in [-0.39, 0.29) is 5.91 Å². The second kappa shape index (κ2) is 10.1. The molecule has 1 fully saturated rings. The number of hydrogen-bond acceptors (Lipinski definition) is 4. The van der Waals surface area contributed by atoms with Gasteiger partial charge in [0.2, 0.25) is 11.8 Å². The van der Waals surface area contributed by atoms with Crippen molar-refractivity contribution in [3.8, 4) is 0 Å². The molecule has 3 aliphatic rings. The number of anilines is 2. The highest BCUT2D eigenvalue weighted by Gasteiger charge is 2.80. The zero-order chi connectivity index (χ0) is 30.8. The number of hydrogen-bond donors (Lipinski definition) is 0. The molecule has 4 atom stereocenters. The van der Waals surface area contributed by atoms with Crippen LogP contribution in [-0.4, -0.2) is 17.7 Å². The summed E-state index contributed by atoms with van der Waals surface area (Å²) in [6, 6.07) is 44.4. The molecule has 0 aliphatic carbocycles. The first-order valence-electron chi connectivity index (χ1n) is 15.2. The third-order valence-electron chi connectivity index (χ3n) is 9.64. The number of para-hydroxylation sites is 2. The van der Waals surface area contributed by atoms with Crippen LogP contribution < -0.4 is 9.80 Å². The molecule has 0 bridgehead atoms. The molecule has 6 heteroatoms. The minimum Gasteiger partial charge on any atom is -0.350 e. The Morgan fingerprint density at radius 2 is 1.18 bits per heavy atom. The van der Waals surface area contributed by atoms with Gasteiger partial charge in [-0.25, -0.2) is 4.90 Å². The summed E-state index contributed by atoms with van der Waals surface area (Å²) in [6.07, 6.45) is -0.689. The summed E-state index contributed by atoms with van der Waals surface area (Å²) in [7, 11) is 0. The van der Waals surface area contributed by atoms with Gasteiger partial charge in [0.15, 0.2) is 5.60 Å². The highest BCUT2D eigenvalue weighted by molar-refractivity contribution is 6.26. The molecule has 45 heavy (non-hydrogen) atoms. The zero-order valence-electron chi connectivity index (χ0n) is 24.7. The van der Waals surface area contributed by atoms with E-state index in [2.05, 4.69) is 0 Å². The van der Waals surface area contributed by atoms with E-state index in [9.17, 15) is 4.79 Å². The molecule has 8 rings (SSSR count). The minimum absolute atomic E-state index is 0.302. The number of benzene rings is 5. The molecule has 0 saturated carbocycles. The average molecular weight is 591 g/mol. The van der Waals surface area contributed by atoms with E-state index in [1.807, 2.05) is 133 Å². The third kappa shape index (κ3) is 3.57. The van der Waals surface area contributed by atoms with Crippen molar-refractivity contribution in [2.75, 3.05) is 9.80 Å². The van der Waals surface area contributed by atoms with Crippen LogP contribution in [0.15, 0.2) is 140 Å². The first-order chi connectivity index (χ1) is 22.0. The van der Waals surface area contributed by atoms with Crippen molar-refractivity contribution in [3.63, 3.8) is 0 Å². The van der Waals surface area contributed by atoms with Crippen LogP contribution in [0.1, 0.15) is 46.8 Å². The number of carbonyl (C=O) groups excluding carboxylic acids is 3. The molecule has 0 N–H and O–H groups in total. The topological polar surface area (TPSA) is 66.9 Å². The molecule has 0 aromatic heterocycles. The highest BCUT2D eigenvalue weighted by atomic mass is 16.5. The predicted molar refractivity (Wildman–Crippen MR) is 171 cm³/mol. The van der Waals surface area contributed by atoms with Crippen molar-refractivity contribution in [3.05, 3.63) is 167 Å². The Bertz CT molecular complexity index is 1960. The van der Waals surface area contributed by atoms with E-state index in [0.717, 1.165) is 16.7 Å². The van der Waals surface area contributed by atoms with Gasteiger partial charge in [-0.3, -0.25) is 14.4 Å². The van der Waals surface area contributed by atoms with Crippen molar-refractivity contribution in [2.45, 2.75) is 36.5 Å². The molecule has 220 valence electrons. The van der Waals surface area contributed by atoms with Crippen molar-refractivity contribution in [2.24, 2.45) is 0 Å². The number of amides is 3. The number of imide groups is 1. The van der Waals surface area contributed by atoms with Crippen LogP contribution in [0.5, 0.6) is 0 Å². The van der Waals surface area contributed by atoms with Gasteiger partial charge >= 0.3 is 0 Å². The molecule has 5 aromatic rings. The molecule has 0 unspecified atom stereocenters. The van der Waals surface area contributed by atoms with Crippen molar-refractivity contribution in [1.29, 1.82) is 0 Å². The Balaban J connectivity index is 1.49. The van der Waals surface area contributed by atoms with E-state index in [1.165, 1.54) is 11.8 Å². The maximum Gasteiger partial charge on any atom is 0.265 e. The van der Waals surface area contributed by atoms with Crippen molar-refractivity contribution in [1.82, 2.24) is 0 Å². The van der Waals surface area contributed by atoms with Gasteiger partial charge in [-0.15, -0.1) is 0 Å². The maximum absolute atomic E-state index is 15.5.